The van der Waals surface area contributed by atoms with Gasteiger partial charge in [-0.1, -0.05) is 36.4 Å². The van der Waals surface area contributed by atoms with E-state index in [1.54, 1.807) is 36.4 Å². The largest absolute Gasteiger partial charge is 0.472 e. The minimum atomic E-state index is -4.71. The predicted octanol–water partition coefficient (Wildman–Crippen LogP) is 6.55. The van der Waals surface area contributed by atoms with Gasteiger partial charge in [0.2, 0.25) is 5.88 Å². The summed E-state index contributed by atoms with van der Waals surface area (Å²) < 4.78 is 91.6. The van der Waals surface area contributed by atoms with Crippen molar-refractivity contribution in [1.82, 2.24) is 15.0 Å². The molecule has 2 heterocycles. The van der Waals surface area contributed by atoms with Crippen molar-refractivity contribution in [3.05, 3.63) is 83.6 Å². The van der Waals surface area contributed by atoms with Gasteiger partial charge in [-0.3, -0.25) is 4.98 Å². The molecule has 13 heteroatoms. The second-order valence-corrected chi connectivity index (χ2v) is 9.65. The number of pyridine rings is 1. The third-order valence-corrected chi connectivity index (χ3v) is 6.54. The number of fused-ring (bicyclic) bond motifs is 2. The van der Waals surface area contributed by atoms with Crippen molar-refractivity contribution in [2.45, 2.75) is 25.6 Å². The van der Waals surface area contributed by atoms with Gasteiger partial charge >= 0.3 is 12.2 Å². The lowest BCUT2D eigenvalue weighted by atomic mass is 9.93. The van der Waals surface area contributed by atoms with Gasteiger partial charge in [-0.2, -0.15) is 23.1 Å². The summed E-state index contributed by atoms with van der Waals surface area (Å²) >= 11 is 0. The standard InChI is InChI=1S/C31H26F5N3O5/c1-41-17-44-20-12-19-9-10-24(32)21(8-5-11-40)25(19)22(13-20)27-26(33)28-23(14-37-27)29(42-15-18-6-3-2-4-7-18)39-30(38-28)43-16-31(34,35)36/h2-4,6-7,9-10,12-14,40H,5,8,11,15-17H2,1H3. The summed E-state index contributed by atoms with van der Waals surface area (Å²) in [6.45, 7) is -2.09. The molecule has 3 aromatic carbocycles. The predicted molar refractivity (Wildman–Crippen MR) is 150 cm³/mol. The van der Waals surface area contributed by atoms with Crippen molar-refractivity contribution < 1.29 is 46.0 Å². The van der Waals surface area contributed by atoms with E-state index in [1.165, 1.54) is 31.5 Å². The zero-order valence-corrected chi connectivity index (χ0v) is 23.3. The molecule has 44 heavy (non-hydrogen) atoms. The molecule has 0 radical (unpaired) electrons. The molecule has 0 atom stereocenters. The lowest BCUT2D eigenvalue weighted by Crippen LogP contribution is -2.20. The van der Waals surface area contributed by atoms with Crippen LogP contribution < -0.4 is 14.2 Å². The molecule has 0 aliphatic heterocycles. The van der Waals surface area contributed by atoms with Crippen molar-refractivity contribution in [3.8, 4) is 28.9 Å². The Labute approximate surface area is 248 Å². The van der Waals surface area contributed by atoms with Gasteiger partial charge in [0.05, 0.1) is 5.39 Å². The van der Waals surface area contributed by atoms with Crippen LogP contribution in [0.15, 0.2) is 60.8 Å². The first-order valence-electron chi connectivity index (χ1n) is 13.4. The second kappa shape index (κ2) is 13.3. The molecule has 0 bridgehead atoms. The van der Waals surface area contributed by atoms with Gasteiger partial charge in [0.15, 0.2) is 19.2 Å². The molecule has 0 saturated carbocycles. The van der Waals surface area contributed by atoms with Gasteiger partial charge in [0, 0.05) is 25.5 Å². The lowest BCUT2D eigenvalue weighted by Gasteiger charge is -2.17. The number of benzene rings is 3. The number of aryl methyl sites for hydroxylation is 1. The number of aliphatic hydroxyl groups excluding tert-OH is 1. The van der Waals surface area contributed by atoms with E-state index in [4.69, 9.17) is 18.9 Å². The molecule has 2 aromatic heterocycles. The summed E-state index contributed by atoms with van der Waals surface area (Å²) in [5.41, 5.74) is 0.364. The summed E-state index contributed by atoms with van der Waals surface area (Å²) in [4.78, 5) is 12.2. The number of aliphatic hydroxyl groups is 1. The van der Waals surface area contributed by atoms with Gasteiger partial charge in [0.1, 0.15) is 29.4 Å². The Morgan fingerprint density at radius 2 is 1.73 bits per heavy atom. The normalized spacial score (nSPS) is 11.7. The van der Waals surface area contributed by atoms with Crippen molar-refractivity contribution in [1.29, 1.82) is 0 Å². The molecule has 5 rings (SSSR count). The SMILES string of the molecule is COCOc1cc(-c2ncc3c(OCc4ccccc4)nc(OCC(F)(F)F)nc3c2F)c2c(CCCO)c(F)ccc2c1. The zero-order chi connectivity index (χ0) is 31.3. The number of hydrogen-bond donors (Lipinski definition) is 1. The lowest BCUT2D eigenvalue weighted by molar-refractivity contribution is -0.154. The Bertz CT molecular complexity index is 1770. The fraction of sp³-hybridized carbons (Fsp3) is 0.258. The third kappa shape index (κ3) is 6.95. The Hall–Kier alpha value is -4.62. The van der Waals surface area contributed by atoms with Crippen LogP contribution in [0.4, 0.5) is 22.0 Å². The smallest absolute Gasteiger partial charge is 0.422 e. The van der Waals surface area contributed by atoms with E-state index >= 15 is 8.78 Å². The molecule has 0 aliphatic carbocycles. The van der Waals surface area contributed by atoms with E-state index in [1.807, 2.05) is 0 Å². The molecule has 1 N–H and O–H groups in total. The van der Waals surface area contributed by atoms with Gasteiger partial charge in [-0.15, -0.1) is 0 Å². The third-order valence-electron chi connectivity index (χ3n) is 6.54. The van der Waals surface area contributed by atoms with E-state index in [2.05, 4.69) is 15.0 Å². The van der Waals surface area contributed by atoms with Crippen LogP contribution in [0, 0.1) is 11.6 Å². The number of nitrogens with zero attached hydrogens (tertiary/aromatic N) is 3. The maximum atomic E-state index is 16.5. The molecule has 0 unspecified atom stereocenters. The summed E-state index contributed by atoms with van der Waals surface area (Å²) in [6.07, 6.45) is -3.11. The van der Waals surface area contributed by atoms with Crippen LogP contribution in [0.3, 0.4) is 0 Å². The van der Waals surface area contributed by atoms with Gasteiger partial charge in [-0.05, 0) is 52.9 Å². The summed E-state index contributed by atoms with van der Waals surface area (Å²) in [7, 11) is 1.42. The topological polar surface area (TPSA) is 95.8 Å². The van der Waals surface area contributed by atoms with Crippen LogP contribution in [0.1, 0.15) is 17.5 Å². The summed E-state index contributed by atoms with van der Waals surface area (Å²) in [5.74, 6) is -1.58. The fourth-order valence-corrected chi connectivity index (χ4v) is 4.63. The number of rotatable bonds is 12. The Morgan fingerprint density at radius 1 is 0.932 bits per heavy atom. The number of ether oxygens (including phenoxy) is 4. The highest BCUT2D eigenvalue weighted by Crippen LogP contribution is 2.39. The van der Waals surface area contributed by atoms with Crippen LogP contribution in [0.25, 0.3) is 32.9 Å². The van der Waals surface area contributed by atoms with Crippen molar-refractivity contribution >= 4 is 21.7 Å². The van der Waals surface area contributed by atoms with Crippen LogP contribution in [-0.2, 0) is 17.8 Å². The molecule has 8 nitrogen and oxygen atoms in total. The van der Waals surface area contributed by atoms with Gasteiger partial charge in [-0.25, -0.2) is 8.78 Å². The number of alkyl halides is 3. The van der Waals surface area contributed by atoms with E-state index in [0.717, 1.165) is 5.56 Å². The van der Waals surface area contributed by atoms with Crippen LogP contribution in [-0.4, -0.2) is 53.4 Å². The molecule has 0 fully saturated rings. The first kappa shape index (κ1) is 30.8. The molecule has 0 saturated heterocycles. The monoisotopic (exact) mass is 615 g/mol. The second-order valence-electron chi connectivity index (χ2n) is 9.65. The number of halogens is 5. The molecule has 230 valence electrons. The first-order valence-corrected chi connectivity index (χ1v) is 13.4. The zero-order valence-electron chi connectivity index (χ0n) is 23.3. The molecule has 5 aromatic rings. The molecule has 0 spiro atoms. The van der Waals surface area contributed by atoms with Crippen molar-refractivity contribution in [2.24, 2.45) is 0 Å². The molecule has 0 aliphatic rings. The minimum absolute atomic E-state index is 0.0238. The number of methoxy groups -OCH3 is 1. The maximum Gasteiger partial charge on any atom is 0.422 e. The van der Waals surface area contributed by atoms with Gasteiger partial charge in [0.25, 0.3) is 0 Å². The Balaban J connectivity index is 1.70. The van der Waals surface area contributed by atoms with Crippen LogP contribution >= 0.6 is 0 Å². The van der Waals surface area contributed by atoms with Gasteiger partial charge < -0.3 is 24.1 Å². The number of aromatic nitrogens is 3. The average molecular weight is 616 g/mol. The highest BCUT2D eigenvalue weighted by Gasteiger charge is 2.30. The first-order chi connectivity index (χ1) is 21.2. The summed E-state index contributed by atoms with van der Waals surface area (Å²) in [6, 6.07) is 13.9. The van der Waals surface area contributed by atoms with E-state index in [9.17, 15) is 18.3 Å². The molecular formula is C31H26F5N3O5. The van der Waals surface area contributed by atoms with Crippen molar-refractivity contribution in [3.63, 3.8) is 0 Å². The summed E-state index contributed by atoms with van der Waals surface area (Å²) in [5, 5.41) is 10.2. The van der Waals surface area contributed by atoms with E-state index in [0.29, 0.717) is 10.8 Å². The minimum Gasteiger partial charge on any atom is -0.472 e. The van der Waals surface area contributed by atoms with Crippen LogP contribution in [0.2, 0.25) is 0 Å². The Morgan fingerprint density at radius 3 is 2.45 bits per heavy atom. The van der Waals surface area contributed by atoms with Crippen molar-refractivity contribution in [2.75, 3.05) is 27.1 Å². The van der Waals surface area contributed by atoms with Crippen LogP contribution in [0.5, 0.6) is 17.6 Å². The quantitative estimate of drug-likeness (QED) is 0.125. The highest BCUT2D eigenvalue weighted by molar-refractivity contribution is 6.01. The average Bonchev–Trinajstić information content (AvgIpc) is 3.01. The maximum absolute atomic E-state index is 16.5. The Kier molecular flexibility index (Phi) is 9.35. The highest BCUT2D eigenvalue weighted by atomic mass is 19.4. The number of hydrogen-bond acceptors (Lipinski definition) is 8. The fourth-order valence-electron chi connectivity index (χ4n) is 4.63. The molecule has 0 amide bonds. The van der Waals surface area contributed by atoms with E-state index in [-0.39, 0.29) is 66.7 Å². The van der Waals surface area contributed by atoms with E-state index < -0.39 is 35.9 Å². The molecular weight excluding hydrogens is 589 g/mol.